The molecule has 0 spiro atoms. The number of nitrogens with zero attached hydrogens (tertiary/aromatic N) is 2. The lowest BCUT2D eigenvalue weighted by Crippen LogP contribution is -1.90. The Bertz CT molecular complexity index is 559. The van der Waals surface area contributed by atoms with Gasteiger partial charge in [-0.25, -0.2) is 0 Å². The Kier molecular flexibility index (Phi) is 2.22. The molecule has 3 rings (SSSR count). The van der Waals surface area contributed by atoms with E-state index in [2.05, 4.69) is 16.0 Å². The largest absolute Gasteiger partial charge is 0.286 e. The summed E-state index contributed by atoms with van der Waals surface area (Å²) in [7, 11) is 0. The van der Waals surface area contributed by atoms with E-state index >= 15 is 0 Å². The maximum absolute atomic E-state index is 5.86. The van der Waals surface area contributed by atoms with Gasteiger partial charge in [0.25, 0.3) is 0 Å². The van der Waals surface area contributed by atoms with Crippen molar-refractivity contribution in [3.05, 3.63) is 52.8 Å². The topological polar surface area (TPSA) is 25.2 Å². The van der Waals surface area contributed by atoms with Crippen LogP contribution < -0.4 is 0 Å². The summed E-state index contributed by atoms with van der Waals surface area (Å²) in [6.07, 6.45) is 3.76. The first kappa shape index (κ1) is 9.55. The highest BCUT2D eigenvalue weighted by atomic mass is 35.5. The van der Waals surface area contributed by atoms with Gasteiger partial charge in [-0.2, -0.15) is 0 Å². The fourth-order valence-electron chi connectivity index (χ4n) is 1.78. The second-order valence-corrected chi connectivity index (χ2v) is 4.17. The molecule has 0 bridgehead atoms. The van der Waals surface area contributed by atoms with Gasteiger partial charge in [0, 0.05) is 28.6 Å². The van der Waals surface area contributed by atoms with E-state index in [1.807, 2.05) is 36.7 Å². The molecular weight excluding hydrogens is 220 g/mol. The SMILES string of the molecule is Clc1ccc(-c2cnc3c(c2)C=NC3)cc1. The maximum atomic E-state index is 5.86. The Morgan fingerprint density at radius 1 is 1.06 bits per heavy atom. The minimum atomic E-state index is 0.705. The van der Waals surface area contributed by atoms with Crippen LogP contribution in [0.5, 0.6) is 0 Å². The van der Waals surface area contributed by atoms with E-state index in [1.54, 1.807) is 0 Å². The van der Waals surface area contributed by atoms with Crippen LogP contribution in [0.3, 0.4) is 0 Å². The zero-order chi connectivity index (χ0) is 11.0. The van der Waals surface area contributed by atoms with E-state index < -0.39 is 0 Å². The van der Waals surface area contributed by atoms with Crippen LogP contribution in [0.15, 0.2) is 41.5 Å². The van der Waals surface area contributed by atoms with Gasteiger partial charge in [-0.1, -0.05) is 23.7 Å². The van der Waals surface area contributed by atoms with Gasteiger partial charge in [0.05, 0.1) is 12.2 Å². The number of aromatic nitrogens is 1. The summed E-state index contributed by atoms with van der Waals surface area (Å²) in [5.74, 6) is 0. The van der Waals surface area contributed by atoms with Gasteiger partial charge in [-0.3, -0.25) is 9.98 Å². The number of hydrogen-bond acceptors (Lipinski definition) is 2. The average molecular weight is 229 g/mol. The zero-order valence-electron chi connectivity index (χ0n) is 8.52. The molecule has 0 saturated carbocycles. The van der Waals surface area contributed by atoms with E-state index in [-0.39, 0.29) is 0 Å². The second kappa shape index (κ2) is 3.72. The highest BCUT2D eigenvalue weighted by Crippen LogP contribution is 2.23. The molecule has 2 nitrogen and oxygen atoms in total. The molecule has 2 aromatic rings. The molecule has 78 valence electrons. The number of fused-ring (bicyclic) bond motifs is 1. The van der Waals surface area contributed by atoms with Crippen LogP contribution in [0.4, 0.5) is 0 Å². The quantitative estimate of drug-likeness (QED) is 0.735. The summed E-state index contributed by atoms with van der Waals surface area (Å²) in [6.45, 7) is 0.705. The molecule has 1 aliphatic rings. The highest BCUT2D eigenvalue weighted by molar-refractivity contribution is 6.30. The third-order valence-electron chi connectivity index (χ3n) is 2.65. The first-order valence-electron chi connectivity index (χ1n) is 5.07. The van der Waals surface area contributed by atoms with Crippen LogP contribution in [0, 0.1) is 0 Å². The van der Waals surface area contributed by atoms with Crippen molar-refractivity contribution < 1.29 is 0 Å². The van der Waals surface area contributed by atoms with E-state index in [0.29, 0.717) is 6.54 Å². The maximum Gasteiger partial charge on any atom is 0.0818 e. The van der Waals surface area contributed by atoms with Gasteiger partial charge in [-0.15, -0.1) is 0 Å². The molecule has 2 heterocycles. The molecule has 0 amide bonds. The minimum absolute atomic E-state index is 0.705. The highest BCUT2D eigenvalue weighted by Gasteiger charge is 2.08. The van der Waals surface area contributed by atoms with E-state index in [9.17, 15) is 0 Å². The third kappa shape index (κ3) is 1.61. The van der Waals surface area contributed by atoms with Crippen molar-refractivity contribution >= 4 is 17.8 Å². The number of halogens is 1. The fraction of sp³-hybridized carbons (Fsp3) is 0.0769. The molecule has 0 saturated heterocycles. The number of pyridine rings is 1. The third-order valence-corrected chi connectivity index (χ3v) is 2.90. The van der Waals surface area contributed by atoms with Gasteiger partial charge >= 0.3 is 0 Å². The first-order chi connectivity index (χ1) is 7.83. The molecule has 16 heavy (non-hydrogen) atoms. The Morgan fingerprint density at radius 3 is 2.69 bits per heavy atom. The summed E-state index contributed by atoms with van der Waals surface area (Å²) in [6, 6.07) is 9.88. The summed E-state index contributed by atoms with van der Waals surface area (Å²) in [5, 5.41) is 0.749. The minimum Gasteiger partial charge on any atom is -0.286 e. The molecule has 0 fully saturated rings. The van der Waals surface area contributed by atoms with E-state index in [1.165, 1.54) is 0 Å². The molecule has 0 atom stereocenters. The van der Waals surface area contributed by atoms with Crippen LogP contribution in [-0.4, -0.2) is 11.2 Å². The smallest absolute Gasteiger partial charge is 0.0818 e. The standard InChI is InChI=1S/C13H9ClN2/c14-12-3-1-9(2-4-12)10-5-11-6-15-8-13(11)16-7-10/h1-7H,8H2. The zero-order valence-corrected chi connectivity index (χ0v) is 9.28. The molecule has 1 aromatic carbocycles. The summed E-state index contributed by atoms with van der Waals surface area (Å²) >= 11 is 5.86. The monoisotopic (exact) mass is 228 g/mol. The Hall–Kier alpha value is -1.67. The van der Waals surface area contributed by atoms with Crippen LogP contribution in [0.1, 0.15) is 11.3 Å². The van der Waals surface area contributed by atoms with Gasteiger partial charge in [0.15, 0.2) is 0 Å². The second-order valence-electron chi connectivity index (χ2n) is 3.74. The lowest BCUT2D eigenvalue weighted by molar-refractivity contribution is 1.02. The Morgan fingerprint density at radius 2 is 1.88 bits per heavy atom. The van der Waals surface area contributed by atoms with Crippen LogP contribution in [0.25, 0.3) is 11.1 Å². The van der Waals surface area contributed by atoms with Gasteiger partial charge < -0.3 is 0 Å². The number of hydrogen-bond donors (Lipinski definition) is 0. The molecule has 0 unspecified atom stereocenters. The van der Waals surface area contributed by atoms with E-state index in [0.717, 1.165) is 27.4 Å². The molecule has 3 heteroatoms. The van der Waals surface area contributed by atoms with Gasteiger partial charge in [0.2, 0.25) is 0 Å². The van der Waals surface area contributed by atoms with Crippen molar-refractivity contribution in [2.45, 2.75) is 6.54 Å². The Balaban J connectivity index is 2.07. The average Bonchev–Trinajstić information content (AvgIpc) is 2.77. The van der Waals surface area contributed by atoms with Crippen molar-refractivity contribution in [2.75, 3.05) is 0 Å². The van der Waals surface area contributed by atoms with Crippen molar-refractivity contribution in [2.24, 2.45) is 4.99 Å². The number of benzene rings is 1. The number of aliphatic imine (C=N–C) groups is 1. The van der Waals surface area contributed by atoms with Crippen LogP contribution in [0.2, 0.25) is 5.02 Å². The molecule has 0 radical (unpaired) electrons. The van der Waals surface area contributed by atoms with Crippen molar-refractivity contribution in [1.82, 2.24) is 4.98 Å². The van der Waals surface area contributed by atoms with Gasteiger partial charge in [0.1, 0.15) is 0 Å². The van der Waals surface area contributed by atoms with Crippen molar-refractivity contribution in [3.8, 4) is 11.1 Å². The Labute approximate surface area is 98.6 Å². The normalized spacial score (nSPS) is 12.8. The molecular formula is C13H9ClN2. The van der Waals surface area contributed by atoms with Crippen LogP contribution >= 0.6 is 11.6 Å². The summed E-state index contributed by atoms with van der Waals surface area (Å²) in [5.41, 5.74) is 4.40. The molecule has 1 aromatic heterocycles. The molecule has 1 aliphatic heterocycles. The van der Waals surface area contributed by atoms with E-state index in [4.69, 9.17) is 11.6 Å². The number of rotatable bonds is 1. The summed E-state index contributed by atoms with van der Waals surface area (Å²) in [4.78, 5) is 8.59. The predicted molar refractivity (Wildman–Crippen MR) is 66.0 cm³/mol. The van der Waals surface area contributed by atoms with Crippen molar-refractivity contribution in [3.63, 3.8) is 0 Å². The van der Waals surface area contributed by atoms with Crippen molar-refractivity contribution in [1.29, 1.82) is 0 Å². The first-order valence-corrected chi connectivity index (χ1v) is 5.45. The molecule has 0 aliphatic carbocycles. The van der Waals surface area contributed by atoms with Crippen LogP contribution in [-0.2, 0) is 6.54 Å². The lowest BCUT2D eigenvalue weighted by Gasteiger charge is -2.03. The summed E-state index contributed by atoms with van der Waals surface area (Å²) < 4.78 is 0. The lowest BCUT2D eigenvalue weighted by atomic mass is 10.1. The molecule has 0 N–H and O–H groups in total. The fourth-order valence-corrected chi connectivity index (χ4v) is 1.91. The predicted octanol–water partition coefficient (Wildman–Crippen LogP) is 3.33. The van der Waals surface area contributed by atoms with Gasteiger partial charge in [-0.05, 0) is 23.8 Å².